The van der Waals surface area contributed by atoms with E-state index in [2.05, 4.69) is 49.6 Å². The van der Waals surface area contributed by atoms with Gasteiger partial charge in [-0.05, 0) is 55.8 Å². The summed E-state index contributed by atoms with van der Waals surface area (Å²) in [7, 11) is 0. The monoisotopic (exact) mass is 470 g/mol. The molecule has 6 nitrogen and oxygen atoms in total. The van der Waals surface area contributed by atoms with Crippen LogP contribution >= 0.6 is 27.7 Å². The van der Waals surface area contributed by atoms with Crippen molar-refractivity contribution >= 4 is 50.3 Å². The summed E-state index contributed by atoms with van der Waals surface area (Å²) < 4.78 is 8.59. The molecule has 0 unspecified atom stereocenters. The van der Waals surface area contributed by atoms with Crippen molar-refractivity contribution in [3.63, 3.8) is 0 Å². The summed E-state index contributed by atoms with van der Waals surface area (Å²) >= 11 is 4.81. The molecule has 0 saturated heterocycles. The molecule has 1 amide bonds. The number of hydrogen-bond acceptors (Lipinski definition) is 5. The van der Waals surface area contributed by atoms with Gasteiger partial charge in [-0.15, -0.1) is 0 Å². The number of halogens is 1. The van der Waals surface area contributed by atoms with Gasteiger partial charge in [0, 0.05) is 15.9 Å². The quantitative estimate of drug-likeness (QED) is 0.310. The van der Waals surface area contributed by atoms with Gasteiger partial charge >= 0.3 is 0 Å². The minimum atomic E-state index is -0.0755. The fourth-order valence-electron chi connectivity index (χ4n) is 3.16. The smallest absolute Gasteiger partial charge is 0.234 e. The molecule has 4 rings (SSSR count). The van der Waals surface area contributed by atoms with Crippen LogP contribution in [0, 0.1) is 13.8 Å². The zero-order valence-electron chi connectivity index (χ0n) is 16.0. The Labute approximate surface area is 180 Å². The molecular weight excluding hydrogens is 452 g/mol. The van der Waals surface area contributed by atoms with Crippen molar-refractivity contribution in [1.29, 1.82) is 0 Å². The molecule has 0 saturated carbocycles. The molecule has 0 radical (unpaired) electrons. The van der Waals surface area contributed by atoms with Crippen LogP contribution in [0.1, 0.15) is 17.0 Å². The number of aryl methyl sites for hydroxylation is 1. The third-order valence-electron chi connectivity index (χ3n) is 4.73. The van der Waals surface area contributed by atoms with Gasteiger partial charge in [0.2, 0.25) is 5.91 Å². The molecule has 3 heterocycles. The van der Waals surface area contributed by atoms with Gasteiger partial charge in [-0.3, -0.25) is 4.79 Å². The summed E-state index contributed by atoms with van der Waals surface area (Å²) in [5.74, 6) is 1.06. The number of nitrogens with zero attached hydrogens (tertiary/aromatic N) is 3. The van der Waals surface area contributed by atoms with E-state index in [1.54, 1.807) is 12.6 Å². The zero-order valence-corrected chi connectivity index (χ0v) is 18.4. The Morgan fingerprint density at radius 2 is 2.00 bits per heavy atom. The van der Waals surface area contributed by atoms with E-state index in [0.29, 0.717) is 6.54 Å². The number of benzene rings is 1. The second kappa shape index (κ2) is 8.42. The Morgan fingerprint density at radius 3 is 2.72 bits per heavy atom. The molecular formula is C21H19BrN4O2S. The molecule has 0 bridgehead atoms. The van der Waals surface area contributed by atoms with E-state index in [-0.39, 0.29) is 11.7 Å². The lowest BCUT2D eigenvalue weighted by Crippen LogP contribution is -2.14. The highest BCUT2D eigenvalue weighted by Crippen LogP contribution is 2.31. The van der Waals surface area contributed by atoms with Crippen LogP contribution in [0.2, 0.25) is 0 Å². The van der Waals surface area contributed by atoms with E-state index in [1.165, 1.54) is 11.8 Å². The van der Waals surface area contributed by atoms with Gasteiger partial charge in [0.1, 0.15) is 22.8 Å². The third-order valence-corrected chi connectivity index (χ3v) is 6.25. The molecule has 0 aliphatic rings. The van der Waals surface area contributed by atoms with Gasteiger partial charge in [-0.2, -0.15) is 0 Å². The number of anilines is 1. The van der Waals surface area contributed by atoms with E-state index in [9.17, 15) is 4.79 Å². The second-order valence-electron chi connectivity index (χ2n) is 6.60. The molecule has 0 spiro atoms. The van der Waals surface area contributed by atoms with Crippen LogP contribution in [-0.2, 0) is 11.3 Å². The van der Waals surface area contributed by atoms with Crippen molar-refractivity contribution in [2.45, 2.75) is 25.4 Å². The molecule has 0 aliphatic carbocycles. The van der Waals surface area contributed by atoms with E-state index in [1.807, 2.05) is 36.4 Å². The number of fused-ring (bicyclic) bond motifs is 1. The zero-order chi connectivity index (χ0) is 20.4. The Bertz CT molecular complexity index is 1150. The topological polar surface area (TPSA) is 73.0 Å². The van der Waals surface area contributed by atoms with Crippen molar-refractivity contribution in [2.75, 3.05) is 11.1 Å². The van der Waals surface area contributed by atoms with Crippen LogP contribution in [0.5, 0.6) is 0 Å². The summed E-state index contributed by atoms with van der Waals surface area (Å²) in [6.45, 7) is 4.73. The van der Waals surface area contributed by atoms with Crippen molar-refractivity contribution in [2.24, 2.45) is 0 Å². The maximum atomic E-state index is 12.4. The van der Waals surface area contributed by atoms with E-state index < -0.39 is 0 Å². The van der Waals surface area contributed by atoms with Crippen LogP contribution in [0.25, 0.3) is 11.0 Å². The molecule has 3 aromatic heterocycles. The minimum absolute atomic E-state index is 0.0755. The van der Waals surface area contributed by atoms with E-state index in [4.69, 9.17) is 4.42 Å². The van der Waals surface area contributed by atoms with Gasteiger partial charge in [0.25, 0.3) is 0 Å². The number of hydrogen-bond donors (Lipinski definition) is 1. The fraction of sp³-hybridized carbons (Fsp3) is 0.190. The molecule has 1 N–H and O–H groups in total. The van der Waals surface area contributed by atoms with Crippen LogP contribution < -0.4 is 5.32 Å². The number of nitrogens with one attached hydrogen (secondary N) is 1. The molecule has 1 aromatic carbocycles. The highest BCUT2D eigenvalue weighted by Gasteiger charge is 2.18. The van der Waals surface area contributed by atoms with Gasteiger partial charge in [0.05, 0.1) is 23.9 Å². The maximum absolute atomic E-state index is 12.4. The normalized spacial score (nSPS) is 11.1. The molecule has 29 heavy (non-hydrogen) atoms. The summed E-state index contributed by atoms with van der Waals surface area (Å²) in [6.07, 6.45) is 3.22. The van der Waals surface area contributed by atoms with Gasteiger partial charge in [0.15, 0.2) is 0 Å². The Balaban J connectivity index is 1.54. The van der Waals surface area contributed by atoms with Gasteiger partial charge < -0.3 is 14.3 Å². The molecule has 8 heteroatoms. The first-order chi connectivity index (χ1) is 14.0. The summed E-state index contributed by atoms with van der Waals surface area (Å²) in [5.41, 5.74) is 3.84. The Hall–Kier alpha value is -2.58. The highest BCUT2D eigenvalue weighted by atomic mass is 79.9. The molecule has 148 valence electrons. The fourth-order valence-corrected chi connectivity index (χ4v) is 4.28. The van der Waals surface area contributed by atoms with Gasteiger partial charge in [-0.25, -0.2) is 9.97 Å². The average molecular weight is 471 g/mol. The summed E-state index contributed by atoms with van der Waals surface area (Å²) in [4.78, 5) is 21.3. The Morgan fingerprint density at radius 1 is 1.21 bits per heavy atom. The van der Waals surface area contributed by atoms with E-state index >= 15 is 0 Å². The molecule has 0 aliphatic heterocycles. The lowest BCUT2D eigenvalue weighted by molar-refractivity contribution is -0.113. The Kier molecular flexibility index (Phi) is 5.73. The molecule has 0 atom stereocenters. The predicted molar refractivity (Wildman–Crippen MR) is 118 cm³/mol. The van der Waals surface area contributed by atoms with Crippen molar-refractivity contribution < 1.29 is 9.21 Å². The summed E-state index contributed by atoms with van der Waals surface area (Å²) in [6, 6.07) is 11.3. The number of amides is 1. The number of carbonyl (C=O) groups excluding carboxylic acids is 1. The lowest BCUT2D eigenvalue weighted by Gasteiger charge is -2.07. The lowest BCUT2D eigenvalue weighted by atomic mass is 10.2. The SMILES string of the molecule is Cc1c(C)n(Cc2ccco2)c2ncnc(SCC(=O)Nc3ccc(Br)cc3)c12. The largest absolute Gasteiger partial charge is 0.467 e. The number of thioether (sulfide) groups is 1. The van der Waals surface area contributed by atoms with Crippen LogP contribution in [0.15, 0.2) is 62.9 Å². The van der Waals surface area contributed by atoms with Crippen molar-refractivity contribution in [1.82, 2.24) is 14.5 Å². The first kappa shape index (κ1) is 19.7. The highest BCUT2D eigenvalue weighted by molar-refractivity contribution is 9.10. The minimum Gasteiger partial charge on any atom is -0.467 e. The number of carbonyl (C=O) groups is 1. The average Bonchev–Trinajstić information content (AvgIpc) is 3.31. The first-order valence-electron chi connectivity index (χ1n) is 9.04. The van der Waals surface area contributed by atoms with Crippen LogP contribution in [-0.4, -0.2) is 26.2 Å². The van der Waals surface area contributed by atoms with Crippen molar-refractivity contribution in [3.05, 3.63) is 70.5 Å². The number of rotatable bonds is 6. The van der Waals surface area contributed by atoms with Crippen molar-refractivity contribution in [3.8, 4) is 0 Å². The standard InChI is InChI=1S/C21H19BrN4O2S/c1-13-14(2)26(10-17-4-3-9-28-17)20-19(13)21(24-12-23-20)29-11-18(27)25-16-7-5-15(22)6-8-16/h3-9,12H,10-11H2,1-2H3,(H,25,27). The molecule has 4 aromatic rings. The maximum Gasteiger partial charge on any atom is 0.234 e. The second-order valence-corrected chi connectivity index (χ2v) is 8.48. The van der Waals surface area contributed by atoms with Crippen LogP contribution in [0.3, 0.4) is 0 Å². The van der Waals surface area contributed by atoms with Gasteiger partial charge in [-0.1, -0.05) is 27.7 Å². The van der Waals surface area contributed by atoms with Crippen LogP contribution in [0.4, 0.5) is 5.69 Å². The number of furan rings is 1. The first-order valence-corrected chi connectivity index (χ1v) is 10.8. The number of aromatic nitrogens is 3. The van der Waals surface area contributed by atoms with E-state index in [0.717, 1.165) is 43.2 Å². The predicted octanol–water partition coefficient (Wildman–Crippen LogP) is 5.18. The third kappa shape index (κ3) is 4.23. The summed E-state index contributed by atoms with van der Waals surface area (Å²) in [5, 5.41) is 4.70. The molecule has 0 fully saturated rings.